The van der Waals surface area contributed by atoms with Crippen molar-refractivity contribution in [3.8, 4) is 0 Å². The molecule has 0 amide bonds. The topological polar surface area (TPSA) is 44.5 Å². The van der Waals surface area contributed by atoms with Crippen LogP contribution in [0.5, 0.6) is 0 Å². The van der Waals surface area contributed by atoms with Crippen molar-refractivity contribution in [2.75, 3.05) is 39.3 Å². The van der Waals surface area contributed by atoms with Crippen molar-refractivity contribution >= 4 is 0 Å². The summed E-state index contributed by atoms with van der Waals surface area (Å²) >= 11 is 0. The SMILES string of the molecule is NC1CCN(N2CCNCC2)C1. The molecule has 12 heavy (non-hydrogen) atoms. The van der Waals surface area contributed by atoms with E-state index in [2.05, 4.69) is 15.3 Å². The molecule has 2 rings (SSSR count). The third kappa shape index (κ3) is 1.77. The van der Waals surface area contributed by atoms with Gasteiger partial charge in [0.25, 0.3) is 0 Å². The largest absolute Gasteiger partial charge is 0.326 e. The highest BCUT2D eigenvalue weighted by Gasteiger charge is 2.24. The van der Waals surface area contributed by atoms with Crippen LogP contribution in [-0.4, -0.2) is 55.3 Å². The lowest BCUT2D eigenvalue weighted by molar-refractivity contribution is -0.0138. The minimum atomic E-state index is 0.403. The Bertz CT molecular complexity index is 141. The van der Waals surface area contributed by atoms with Gasteiger partial charge in [0, 0.05) is 45.3 Å². The number of nitrogens with zero attached hydrogens (tertiary/aromatic N) is 2. The van der Waals surface area contributed by atoms with Crippen LogP contribution in [0.15, 0.2) is 0 Å². The summed E-state index contributed by atoms with van der Waals surface area (Å²) in [6.07, 6.45) is 1.16. The van der Waals surface area contributed by atoms with Gasteiger partial charge in [-0.15, -0.1) is 0 Å². The quantitative estimate of drug-likeness (QED) is 0.521. The fraction of sp³-hybridized carbons (Fsp3) is 1.00. The molecule has 0 radical (unpaired) electrons. The predicted molar refractivity (Wildman–Crippen MR) is 48.6 cm³/mol. The molecule has 0 aliphatic carbocycles. The molecular weight excluding hydrogens is 152 g/mol. The third-order valence-corrected chi connectivity index (χ3v) is 2.70. The van der Waals surface area contributed by atoms with Crippen LogP contribution < -0.4 is 11.1 Å². The summed E-state index contributed by atoms with van der Waals surface area (Å²) in [6, 6.07) is 0.403. The zero-order chi connectivity index (χ0) is 8.39. The van der Waals surface area contributed by atoms with E-state index in [1.807, 2.05) is 0 Å². The van der Waals surface area contributed by atoms with Gasteiger partial charge >= 0.3 is 0 Å². The fourth-order valence-electron chi connectivity index (χ4n) is 1.96. The van der Waals surface area contributed by atoms with Crippen LogP contribution in [-0.2, 0) is 0 Å². The van der Waals surface area contributed by atoms with Crippen molar-refractivity contribution in [1.82, 2.24) is 15.3 Å². The van der Waals surface area contributed by atoms with Crippen LogP contribution in [0.1, 0.15) is 6.42 Å². The maximum absolute atomic E-state index is 5.85. The minimum absolute atomic E-state index is 0.403. The highest BCUT2D eigenvalue weighted by Crippen LogP contribution is 2.10. The average Bonchev–Trinajstić information content (AvgIpc) is 2.54. The molecule has 0 bridgehead atoms. The van der Waals surface area contributed by atoms with Gasteiger partial charge in [0.05, 0.1) is 0 Å². The van der Waals surface area contributed by atoms with Gasteiger partial charge in [0.2, 0.25) is 0 Å². The first-order chi connectivity index (χ1) is 5.86. The summed E-state index contributed by atoms with van der Waals surface area (Å²) in [5.74, 6) is 0. The van der Waals surface area contributed by atoms with Gasteiger partial charge in [0.15, 0.2) is 0 Å². The molecule has 1 atom stereocenters. The van der Waals surface area contributed by atoms with Crippen LogP contribution in [0.4, 0.5) is 0 Å². The maximum atomic E-state index is 5.85. The van der Waals surface area contributed by atoms with Crippen molar-refractivity contribution in [3.05, 3.63) is 0 Å². The van der Waals surface area contributed by atoms with Gasteiger partial charge in [-0.1, -0.05) is 0 Å². The van der Waals surface area contributed by atoms with Crippen LogP contribution in [0.2, 0.25) is 0 Å². The van der Waals surface area contributed by atoms with Gasteiger partial charge < -0.3 is 11.1 Å². The smallest absolute Gasteiger partial charge is 0.0285 e. The molecule has 0 spiro atoms. The summed E-state index contributed by atoms with van der Waals surface area (Å²) in [6.45, 7) is 6.73. The normalized spacial score (nSPS) is 34.2. The van der Waals surface area contributed by atoms with E-state index in [1.54, 1.807) is 0 Å². The van der Waals surface area contributed by atoms with Crippen LogP contribution >= 0.6 is 0 Å². The van der Waals surface area contributed by atoms with Gasteiger partial charge in [0.1, 0.15) is 0 Å². The Morgan fingerprint density at radius 2 is 1.83 bits per heavy atom. The Balaban J connectivity index is 1.83. The van der Waals surface area contributed by atoms with E-state index in [1.165, 1.54) is 0 Å². The van der Waals surface area contributed by atoms with E-state index in [0.717, 1.165) is 45.7 Å². The summed E-state index contributed by atoms with van der Waals surface area (Å²) in [4.78, 5) is 0. The van der Waals surface area contributed by atoms with Gasteiger partial charge in [-0.05, 0) is 6.42 Å². The van der Waals surface area contributed by atoms with Crippen LogP contribution in [0.25, 0.3) is 0 Å². The molecule has 0 aromatic rings. The number of piperazine rings is 1. The third-order valence-electron chi connectivity index (χ3n) is 2.70. The second-order valence-corrected chi connectivity index (χ2v) is 3.67. The monoisotopic (exact) mass is 170 g/mol. The second kappa shape index (κ2) is 3.70. The molecule has 0 aromatic heterocycles. The van der Waals surface area contributed by atoms with Crippen molar-refractivity contribution < 1.29 is 0 Å². The summed E-state index contributed by atoms with van der Waals surface area (Å²) in [5.41, 5.74) is 5.85. The Morgan fingerprint density at radius 3 is 2.42 bits per heavy atom. The zero-order valence-corrected chi connectivity index (χ0v) is 7.50. The maximum Gasteiger partial charge on any atom is 0.0285 e. The van der Waals surface area contributed by atoms with E-state index >= 15 is 0 Å². The lowest BCUT2D eigenvalue weighted by Crippen LogP contribution is -2.52. The molecule has 1 unspecified atom stereocenters. The molecule has 0 aromatic carbocycles. The summed E-state index contributed by atoms with van der Waals surface area (Å²) in [5, 5.41) is 8.19. The van der Waals surface area contributed by atoms with Crippen LogP contribution in [0.3, 0.4) is 0 Å². The fourth-order valence-corrected chi connectivity index (χ4v) is 1.96. The van der Waals surface area contributed by atoms with E-state index < -0.39 is 0 Å². The molecule has 3 N–H and O–H groups in total. The molecule has 2 aliphatic heterocycles. The molecule has 2 aliphatic rings. The number of nitrogens with two attached hydrogens (primary N) is 1. The van der Waals surface area contributed by atoms with Crippen molar-refractivity contribution in [1.29, 1.82) is 0 Å². The highest BCUT2D eigenvalue weighted by atomic mass is 15.6. The first-order valence-electron chi connectivity index (χ1n) is 4.82. The molecule has 70 valence electrons. The Morgan fingerprint density at radius 1 is 1.08 bits per heavy atom. The summed E-state index contributed by atoms with van der Waals surface area (Å²) < 4.78 is 0. The predicted octanol–water partition coefficient (Wildman–Crippen LogP) is -1.16. The van der Waals surface area contributed by atoms with Crippen molar-refractivity contribution in [2.45, 2.75) is 12.5 Å². The zero-order valence-electron chi connectivity index (χ0n) is 7.50. The minimum Gasteiger partial charge on any atom is -0.326 e. The summed E-state index contributed by atoms with van der Waals surface area (Å²) in [7, 11) is 0. The van der Waals surface area contributed by atoms with Crippen molar-refractivity contribution in [2.24, 2.45) is 5.73 Å². The number of hydrazine groups is 1. The van der Waals surface area contributed by atoms with E-state index in [4.69, 9.17) is 5.73 Å². The Labute approximate surface area is 73.7 Å². The number of nitrogens with one attached hydrogen (secondary N) is 1. The molecular formula is C8H18N4. The van der Waals surface area contributed by atoms with Gasteiger partial charge in [-0.3, -0.25) is 0 Å². The molecule has 4 nitrogen and oxygen atoms in total. The molecule has 2 heterocycles. The molecule has 4 heteroatoms. The first kappa shape index (κ1) is 8.44. The Hall–Kier alpha value is -0.160. The highest BCUT2D eigenvalue weighted by molar-refractivity contribution is 4.78. The molecule has 2 fully saturated rings. The van der Waals surface area contributed by atoms with Gasteiger partial charge in [-0.25, -0.2) is 10.0 Å². The van der Waals surface area contributed by atoms with Crippen LogP contribution in [0, 0.1) is 0 Å². The van der Waals surface area contributed by atoms with Gasteiger partial charge in [-0.2, -0.15) is 0 Å². The van der Waals surface area contributed by atoms with Crippen molar-refractivity contribution in [3.63, 3.8) is 0 Å². The first-order valence-corrected chi connectivity index (χ1v) is 4.82. The lowest BCUT2D eigenvalue weighted by Gasteiger charge is -2.34. The van der Waals surface area contributed by atoms with E-state index in [0.29, 0.717) is 6.04 Å². The Kier molecular flexibility index (Phi) is 2.60. The second-order valence-electron chi connectivity index (χ2n) is 3.67. The van der Waals surface area contributed by atoms with E-state index in [9.17, 15) is 0 Å². The standard InChI is InChI=1S/C8H18N4/c9-8-1-4-12(7-8)11-5-2-10-3-6-11/h8,10H,1-7,9H2. The molecule has 0 saturated carbocycles. The lowest BCUT2D eigenvalue weighted by atomic mass is 10.3. The average molecular weight is 170 g/mol. The number of hydrogen-bond acceptors (Lipinski definition) is 4. The van der Waals surface area contributed by atoms with E-state index in [-0.39, 0.29) is 0 Å². The number of hydrogen-bond donors (Lipinski definition) is 2. The molecule has 2 saturated heterocycles. The number of rotatable bonds is 1.